The Labute approximate surface area is 53.8 Å². The zero-order chi connectivity index (χ0) is 7.44. The summed E-state index contributed by atoms with van der Waals surface area (Å²) in [5.74, 6) is -0.546. The highest BCUT2D eigenvalue weighted by Gasteiger charge is 2.08. The summed E-state index contributed by atoms with van der Waals surface area (Å²) in [5, 5.41) is 0. The van der Waals surface area contributed by atoms with Crippen molar-refractivity contribution in [1.29, 1.82) is 0 Å². The van der Waals surface area contributed by atoms with Crippen molar-refractivity contribution in [2.24, 2.45) is 4.99 Å². The Balaban J connectivity index is 4.38. The molecule has 9 heavy (non-hydrogen) atoms. The van der Waals surface area contributed by atoms with E-state index in [1.165, 1.54) is 20.9 Å². The topological polar surface area (TPSA) is 46.5 Å². The highest BCUT2D eigenvalue weighted by molar-refractivity contribution is 6.65. The number of ketones is 2. The van der Waals surface area contributed by atoms with E-state index in [2.05, 4.69) is 4.99 Å². The number of carbonyl (C=O) groups is 2. The van der Waals surface area contributed by atoms with Crippen LogP contribution in [0.1, 0.15) is 13.8 Å². The molecule has 0 saturated heterocycles. The lowest BCUT2D eigenvalue weighted by Crippen LogP contribution is -2.18. The minimum Gasteiger partial charge on any atom is -0.293 e. The van der Waals surface area contributed by atoms with Gasteiger partial charge in [-0.2, -0.15) is 0 Å². The zero-order valence-corrected chi connectivity index (χ0v) is 5.76. The lowest BCUT2D eigenvalue weighted by Gasteiger charge is -1.90. The molecule has 3 nitrogen and oxygen atoms in total. The molecule has 3 heteroatoms. The summed E-state index contributed by atoms with van der Waals surface area (Å²) in [5.41, 5.74) is 0.0370. The standard InChI is InChI=1S/C6H9NO2/c1-4(8)6(7-3)5(2)9/h1-3H3. The Hall–Kier alpha value is -0.990. The molecule has 0 saturated carbocycles. The van der Waals surface area contributed by atoms with Crippen LogP contribution in [0.2, 0.25) is 0 Å². The van der Waals surface area contributed by atoms with Gasteiger partial charge in [-0.15, -0.1) is 0 Å². The number of nitrogens with zero attached hydrogens (tertiary/aromatic N) is 1. The average molecular weight is 127 g/mol. The largest absolute Gasteiger partial charge is 0.293 e. The molecule has 0 heterocycles. The molecule has 0 amide bonds. The summed E-state index contributed by atoms with van der Waals surface area (Å²) >= 11 is 0. The van der Waals surface area contributed by atoms with Gasteiger partial charge in [-0.3, -0.25) is 14.6 Å². The van der Waals surface area contributed by atoms with E-state index < -0.39 is 0 Å². The van der Waals surface area contributed by atoms with Crippen LogP contribution in [0, 0.1) is 0 Å². The van der Waals surface area contributed by atoms with Crippen LogP contribution >= 0.6 is 0 Å². The molecule has 50 valence electrons. The van der Waals surface area contributed by atoms with E-state index in [1.807, 2.05) is 0 Å². The molecule has 0 atom stereocenters. The molecule has 0 fully saturated rings. The first-order valence-corrected chi connectivity index (χ1v) is 2.58. The van der Waals surface area contributed by atoms with Crippen molar-refractivity contribution in [2.45, 2.75) is 13.8 Å². The van der Waals surface area contributed by atoms with E-state index in [1.54, 1.807) is 0 Å². The van der Waals surface area contributed by atoms with E-state index in [4.69, 9.17) is 0 Å². The van der Waals surface area contributed by atoms with Gasteiger partial charge in [0, 0.05) is 20.9 Å². The first kappa shape index (κ1) is 8.01. The van der Waals surface area contributed by atoms with Gasteiger partial charge in [0.15, 0.2) is 11.6 Å². The molecule has 0 aromatic heterocycles. The van der Waals surface area contributed by atoms with E-state index >= 15 is 0 Å². The van der Waals surface area contributed by atoms with E-state index in [0.717, 1.165) is 0 Å². The molecule has 0 bridgehead atoms. The molecule has 0 N–H and O–H groups in total. The lowest BCUT2D eigenvalue weighted by atomic mass is 10.2. The molecule has 0 aliphatic carbocycles. The maximum atomic E-state index is 10.5. The molecular formula is C6H9NO2. The summed E-state index contributed by atoms with van der Waals surface area (Å²) in [6.45, 7) is 2.65. The van der Waals surface area contributed by atoms with E-state index in [9.17, 15) is 9.59 Å². The van der Waals surface area contributed by atoms with Crippen molar-refractivity contribution < 1.29 is 9.59 Å². The number of Topliss-reactive ketones (excluding diaryl/α,β-unsaturated/α-hetero) is 2. The molecule has 0 unspecified atom stereocenters. The smallest absolute Gasteiger partial charge is 0.181 e. The van der Waals surface area contributed by atoms with Gasteiger partial charge in [0.1, 0.15) is 5.71 Å². The second-order valence-electron chi connectivity index (χ2n) is 1.68. The predicted octanol–water partition coefficient (Wildman–Crippen LogP) is 0.235. The number of rotatable bonds is 2. The zero-order valence-electron chi connectivity index (χ0n) is 5.76. The lowest BCUT2D eigenvalue weighted by molar-refractivity contribution is -0.114. The summed E-state index contributed by atoms with van der Waals surface area (Å²) in [6, 6.07) is 0. The molecular weight excluding hydrogens is 118 g/mol. The van der Waals surface area contributed by atoms with Gasteiger partial charge in [0.2, 0.25) is 0 Å². The van der Waals surface area contributed by atoms with E-state index in [0.29, 0.717) is 0 Å². The molecule has 0 radical (unpaired) electrons. The van der Waals surface area contributed by atoms with Gasteiger partial charge in [0.05, 0.1) is 0 Å². The van der Waals surface area contributed by atoms with Gasteiger partial charge in [-0.25, -0.2) is 0 Å². The highest BCUT2D eigenvalue weighted by Crippen LogP contribution is 1.81. The minimum absolute atomic E-state index is 0.0370. The summed E-state index contributed by atoms with van der Waals surface area (Å²) < 4.78 is 0. The second kappa shape index (κ2) is 3.12. The van der Waals surface area contributed by atoms with Crippen molar-refractivity contribution in [3.05, 3.63) is 0 Å². The van der Waals surface area contributed by atoms with Crippen LogP contribution in [0.4, 0.5) is 0 Å². The Morgan fingerprint density at radius 3 is 1.44 bits per heavy atom. The first-order valence-electron chi connectivity index (χ1n) is 2.58. The predicted molar refractivity (Wildman–Crippen MR) is 34.7 cm³/mol. The highest BCUT2D eigenvalue weighted by atomic mass is 16.1. The minimum atomic E-state index is -0.273. The third-order valence-electron chi connectivity index (χ3n) is 0.891. The van der Waals surface area contributed by atoms with Crippen LogP contribution in [0.15, 0.2) is 4.99 Å². The molecule has 0 aliphatic heterocycles. The summed E-state index contributed by atoms with van der Waals surface area (Å²) in [4.78, 5) is 24.4. The van der Waals surface area contributed by atoms with Crippen LogP contribution in [-0.2, 0) is 9.59 Å². The molecule has 0 rings (SSSR count). The number of hydrogen-bond acceptors (Lipinski definition) is 3. The van der Waals surface area contributed by atoms with Crippen LogP contribution < -0.4 is 0 Å². The summed E-state index contributed by atoms with van der Waals surface area (Å²) in [6.07, 6.45) is 0. The van der Waals surface area contributed by atoms with Gasteiger partial charge in [-0.05, 0) is 0 Å². The average Bonchev–Trinajstić information content (AvgIpc) is 1.64. The van der Waals surface area contributed by atoms with Crippen molar-refractivity contribution in [3.8, 4) is 0 Å². The van der Waals surface area contributed by atoms with Crippen LogP contribution in [0.3, 0.4) is 0 Å². The van der Waals surface area contributed by atoms with Crippen molar-refractivity contribution in [3.63, 3.8) is 0 Å². The SMILES string of the molecule is CN=C(C(C)=O)C(C)=O. The second-order valence-corrected chi connectivity index (χ2v) is 1.68. The Kier molecular flexibility index (Phi) is 2.78. The monoisotopic (exact) mass is 127 g/mol. The number of hydrogen-bond donors (Lipinski definition) is 0. The Morgan fingerprint density at radius 1 is 1.11 bits per heavy atom. The molecule has 0 aromatic carbocycles. The Morgan fingerprint density at radius 2 is 1.44 bits per heavy atom. The van der Waals surface area contributed by atoms with Crippen LogP contribution in [0.5, 0.6) is 0 Å². The van der Waals surface area contributed by atoms with Crippen molar-refractivity contribution in [2.75, 3.05) is 7.05 Å². The van der Waals surface area contributed by atoms with E-state index in [-0.39, 0.29) is 17.3 Å². The fourth-order valence-corrected chi connectivity index (χ4v) is 0.563. The van der Waals surface area contributed by atoms with Crippen LogP contribution in [-0.4, -0.2) is 24.3 Å². The fourth-order valence-electron chi connectivity index (χ4n) is 0.563. The van der Waals surface area contributed by atoms with Gasteiger partial charge in [-0.1, -0.05) is 0 Å². The van der Waals surface area contributed by atoms with Gasteiger partial charge < -0.3 is 0 Å². The fraction of sp³-hybridized carbons (Fsp3) is 0.500. The van der Waals surface area contributed by atoms with Crippen molar-refractivity contribution >= 4 is 17.3 Å². The third-order valence-corrected chi connectivity index (χ3v) is 0.891. The first-order chi connectivity index (χ1) is 4.09. The quantitative estimate of drug-likeness (QED) is 0.394. The maximum Gasteiger partial charge on any atom is 0.181 e. The number of carbonyl (C=O) groups excluding carboxylic acids is 2. The third kappa shape index (κ3) is 2.17. The Bertz CT molecular complexity index is 154. The molecule has 0 aromatic rings. The van der Waals surface area contributed by atoms with Crippen LogP contribution in [0.25, 0.3) is 0 Å². The summed E-state index contributed by atoms with van der Waals surface area (Å²) in [7, 11) is 1.43. The van der Waals surface area contributed by atoms with Crippen molar-refractivity contribution in [1.82, 2.24) is 0 Å². The molecule has 0 aliphatic rings. The van der Waals surface area contributed by atoms with Gasteiger partial charge >= 0.3 is 0 Å². The molecule has 0 spiro atoms. The van der Waals surface area contributed by atoms with Gasteiger partial charge in [0.25, 0.3) is 0 Å². The normalized spacial score (nSPS) is 8.33. The maximum absolute atomic E-state index is 10.5. The number of aliphatic imine (C=N–C) groups is 1.